The molecule has 0 amide bonds. The number of benzene rings is 1. The lowest BCUT2D eigenvalue weighted by Gasteiger charge is -2.18. The third-order valence-electron chi connectivity index (χ3n) is 3.18. The molecule has 0 aliphatic rings. The normalized spacial score (nSPS) is 12.6. The van der Waals surface area contributed by atoms with Crippen LogP contribution in [0.2, 0.25) is 0 Å². The SMILES string of the molecule is CCCNC(c1ccc(C)o1)c1cccc(C)c1F. The third-order valence-corrected chi connectivity index (χ3v) is 3.18. The maximum absolute atomic E-state index is 14.3. The van der Waals surface area contributed by atoms with Crippen molar-refractivity contribution in [3.8, 4) is 0 Å². The van der Waals surface area contributed by atoms with Crippen molar-refractivity contribution in [2.24, 2.45) is 0 Å². The van der Waals surface area contributed by atoms with Crippen LogP contribution in [0, 0.1) is 19.7 Å². The summed E-state index contributed by atoms with van der Waals surface area (Å²) >= 11 is 0. The lowest BCUT2D eigenvalue weighted by Crippen LogP contribution is -2.24. The van der Waals surface area contributed by atoms with Crippen LogP contribution >= 0.6 is 0 Å². The molecule has 1 aromatic carbocycles. The van der Waals surface area contributed by atoms with Gasteiger partial charge in [0.2, 0.25) is 0 Å². The molecule has 1 unspecified atom stereocenters. The van der Waals surface area contributed by atoms with Crippen molar-refractivity contribution >= 4 is 0 Å². The van der Waals surface area contributed by atoms with Gasteiger partial charge >= 0.3 is 0 Å². The van der Waals surface area contributed by atoms with Crippen molar-refractivity contribution in [1.82, 2.24) is 5.32 Å². The molecule has 1 N–H and O–H groups in total. The van der Waals surface area contributed by atoms with Crippen molar-refractivity contribution in [3.63, 3.8) is 0 Å². The van der Waals surface area contributed by atoms with E-state index in [4.69, 9.17) is 4.42 Å². The number of halogens is 1. The highest BCUT2D eigenvalue weighted by atomic mass is 19.1. The Morgan fingerprint density at radius 2 is 2.00 bits per heavy atom. The molecule has 2 rings (SSSR count). The van der Waals surface area contributed by atoms with Gasteiger partial charge in [0.15, 0.2) is 0 Å². The third kappa shape index (κ3) is 3.04. The van der Waals surface area contributed by atoms with Crippen LogP contribution in [0.1, 0.15) is 42.0 Å². The summed E-state index contributed by atoms with van der Waals surface area (Å²) in [6.45, 7) is 6.58. The number of aryl methyl sites for hydroxylation is 2. The summed E-state index contributed by atoms with van der Waals surface area (Å²) in [7, 11) is 0. The van der Waals surface area contributed by atoms with E-state index >= 15 is 0 Å². The van der Waals surface area contributed by atoms with Gasteiger partial charge < -0.3 is 9.73 Å². The summed E-state index contributed by atoms with van der Waals surface area (Å²) in [5.41, 5.74) is 1.30. The first-order valence-electron chi connectivity index (χ1n) is 6.68. The molecule has 3 heteroatoms. The first-order valence-corrected chi connectivity index (χ1v) is 6.68. The number of hydrogen-bond donors (Lipinski definition) is 1. The Labute approximate surface area is 113 Å². The zero-order chi connectivity index (χ0) is 13.8. The van der Waals surface area contributed by atoms with E-state index in [1.54, 1.807) is 13.0 Å². The summed E-state index contributed by atoms with van der Waals surface area (Å²) in [6.07, 6.45) is 0.990. The van der Waals surface area contributed by atoms with Gasteiger partial charge in [-0.3, -0.25) is 0 Å². The second-order valence-electron chi connectivity index (χ2n) is 4.81. The van der Waals surface area contributed by atoms with Crippen LogP contribution in [-0.2, 0) is 0 Å². The predicted octanol–water partition coefficient (Wildman–Crippen LogP) is 4.12. The lowest BCUT2D eigenvalue weighted by atomic mass is 10.0. The van der Waals surface area contributed by atoms with E-state index in [9.17, 15) is 4.39 Å². The zero-order valence-corrected chi connectivity index (χ0v) is 11.7. The topological polar surface area (TPSA) is 25.2 Å². The van der Waals surface area contributed by atoms with Crippen LogP contribution in [0.25, 0.3) is 0 Å². The summed E-state index contributed by atoms with van der Waals surface area (Å²) < 4.78 is 20.0. The van der Waals surface area contributed by atoms with E-state index in [0.717, 1.165) is 24.5 Å². The first-order chi connectivity index (χ1) is 9.13. The summed E-state index contributed by atoms with van der Waals surface area (Å²) in [5, 5.41) is 3.35. The maximum Gasteiger partial charge on any atom is 0.131 e. The molecule has 0 saturated carbocycles. The van der Waals surface area contributed by atoms with E-state index in [-0.39, 0.29) is 11.9 Å². The molecule has 1 aromatic heterocycles. The maximum atomic E-state index is 14.3. The molecule has 0 saturated heterocycles. The fourth-order valence-electron chi connectivity index (χ4n) is 2.15. The molecule has 1 atom stereocenters. The molecule has 19 heavy (non-hydrogen) atoms. The number of nitrogens with one attached hydrogen (secondary N) is 1. The standard InChI is InChI=1S/C16H20FNO/c1-4-10-18-16(14-9-8-12(3)19-14)13-7-5-6-11(2)15(13)17/h5-9,16,18H,4,10H2,1-3H3. The molecule has 0 radical (unpaired) electrons. The molecular weight excluding hydrogens is 241 g/mol. The lowest BCUT2D eigenvalue weighted by molar-refractivity contribution is 0.421. The fourth-order valence-corrected chi connectivity index (χ4v) is 2.15. The molecule has 2 nitrogen and oxygen atoms in total. The minimum absolute atomic E-state index is 0.162. The zero-order valence-electron chi connectivity index (χ0n) is 11.7. The van der Waals surface area contributed by atoms with Crippen LogP contribution in [0.15, 0.2) is 34.7 Å². The monoisotopic (exact) mass is 261 g/mol. The second kappa shape index (κ2) is 6.02. The Kier molecular flexibility index (Phi) is 4.38. The van der Waals surface area contributed by atoms with Crippen LogP contribution < -0.4 is 5.32 Å². The smallest absolute Gasteiger partial charge is 0.131 e. The Hall–Kier alpha value is -1.61. The Bertz CT molecular complexity index is 547. The van der Waals surface area contributed by atoms with Gasteiger partial charge in [0.05, 0.1) is 6.04 Å². The summed E-state index contributed by atoms with van der Waals surface area (Å²) in [4.78, 5) is 0. The summed E-state index contributed by atoms with van der Waals surface area (Å²) in [5.74, 6) is 1.44. The highest BCUT2D eigenvalue weighted by Crippen LogP contribution is 2.27. The highest BCUT2D eigenvalue weighted by molar-refractivity contribution is 5.32. The minimum atomic E-state index is -0.228. The van der Waals surface area contributed by atoms with Gasteiger partial charge in [-0.25, -0.2) is 4.39 Å². The van der Waals surface area contributed by atoms with E-state index in [0.29, 0.717) is 11.1 Å². The largest absolute Gasteiger partial charge is 0.464 e. The minimum Gasteiger partial charge on any atom is -0.464 e. The number of furan rings is 1. The quantitative estimate of drug-likeness (QED) is 0.875. The fraction of sp³-hybridized carbons (Fsp3) is 0.375. The molecule has 0 aliphatic heterocycles. The van der Waals surface area contributed by atoms with E-state index < -0.39 is 0 Å². The van der Waals surface area contributed by atoms with E-state index in [2.05, 4.69) is 12.2 Å². The molecular formula is C16H20FNO. The van der Waals surface area contributed by atoms with Crippen LogP contribution in [0.5, 0.6) is 0 Å². The average molecular weight is 261 g/mol. The summed E-state index contributed by atoms with van der Waals surface area (Å²) in [6, 6.07) is 9.06. The van der Waals surface area contributed by atoms with E-state index in [1.165, 1.54) is 0 Å². The predicted molar refractivity (Wildman–Crippen MR) is 74.7 cm³/mol. The molecule has 2 aromatic rings. The van der Waals surface area contributed by atoms with Crippen molar-refractivity contribution in [2.45, 2.75) is 33.2 Å². The van der Waals surface area contributed by atoms with Gasteiger partial charge in [0, 0.05) is 5.56 Å². The molecule has 0 bridgehead atoms. The van der Waals surface area contributed by atoms with Gasteiger partial charge in [0.25, 0.3) is 0 Å². The molecule has 0 aliphatic carbocycles. The van der Waals surface area contributed by atoms with Crippen LogP contribution in [0.4, 0.5) is 4.39 Å². The van der Waals surface area contributed by atoms with Crippen molar-refractivity contribution in [1.29, 1.82) is 0 Å². The second-order valence-corrected chi connectivity index (χ2v) is 4.81. The van der Waals surface area contributed by atoms with Crippen molar-refractivity contribution in [3.05, 3.63) is 58.8 Å². The van der Waals surface area contributed by atoms with E-state index in [1.807, 2.05) is 31.2 Å². The number of rotatable bonds is 5. The Balaban J connectivity index is 2.39. The molecule has 102 valence electrons. The Morgan fingerprint density at radius 1 is 1.21 bits per heavy atom. The van der Waals surface area contributed by atoms with Crippen LogP contribution in [-0.4, -0.2) is 6.54 Å². The van der Waals surface area contributed by atoms with Gasteiger partial charge in [-0.2, -0.15) is 0 Å². The van der Waals surface area contributed by atoms with Gasteiger partial charge in [-0.05, 0) is 44.5 Å². The van der Waals surface area contributed by atoms with Gasteiger partial charge in [-0.1, -0.05) is 25.1 Å². The van der Waals surface area contributed by atoms with Crippen molar-refractivity contribution < 1.29 is 8.81 Å². The molecule has 0 fully saturated rings. The van der Waals surface area contributed by atoms with Gasteiger partial charge in [-0.15, -0.1) is 0 Å². The molecule has 1 heterocycles. The van der Waals surface area contributed by atoms with Crippen LogP contribution in [0.3, 0.4) is 0 Å². The highest BCUT2D eigenvalue weighted by Gasteiger charge is 2.20. The number of hydrogen-bond acceptors (Lipinski definition) is 2. The molecule has 0 spiro atoms. The first kappa shape index (κ1) is 13.8. The average Bonchev–Trinajstić information content (AvgIpc) is 2.81. The Morgan fingerprint density at radius 3 is 2.63 bits per heavy atom. The van der Waals surface area contributed by atoms with Crippen molar-refractivity contribution in [2.75, 3.05) is 6.54 Å². The van der Waals surface area contributed by atoms with Gasteiger partial charge in [0.1, 0.15) is 17.3 Å².